The maximum Gasteiger partial charge on any atom is 0.111 e. The van der Waals surface area contributed by atoms with Crippen molar-refractivity contribution in [2.75, 3.05) is 0 Å². The number of rotatable bonds is 3. The molecule has 0 atom stereocenters. The lowest BCUT2D eigenvalue weighted by molar-refractivity contribution is 0.280. The van der Waals surface area contributed by atoms with Crippen LogP contribution in [0.5, 0.6) is 0 Å². The fraction of sp³-hybridized carbons (Fsp3) is 0.500. The van der Waals surface area contributed by atoms with E-state index >= 15 is 0 Å². The molecule has 1 aromatic heterocycles. The SMILES string of the molecule is CC(C)Cc1ccc(CO)c(Br)n1. The van der Waals surface area contributed by atoms with Gasteiger partial charge in [-0.25, -0.2) is 4.98 Å². The molecule has 0 fully saturated rings. The van der Waals surface area contributed by atoms with Crippen molar-refractivity contribution in [1.29, 1.82) is 0 Å². The fourth-order valence-electron chi connectivity index (χ4n) is 1.15. The van der Waals surface area contributed by atoms with Crippen molar-refractivity contribution in [2.24, 2.45) is 5.92 Å². The lowest BCUT2D eigenvalue weighted by Crippen LogP contribution is -1.99. The molecule has 2 nitrogen and oxygen atoms in total. The van der Waals surface area contributed by atoms with E-state index in [0.717, 1.165) is 22.3 Å². The predicted molar refractivity (Wildman–Crippen MR) is 56.4 cm³/mol. The summed E-state index contributed by atoms with van der Waals surface area (Å²) in [5.74, 6) is 0.611. The molecule has 0 saturated carbocycles. The van der Waals surface area contributed by atoms with Gasteiger partial charge in [0.05, 0.1) is 6.61 Å². The minimum atomic E-state index is 0.0372. The highest BCUT2D eigenvalue weighted by atomic mass is 79.9. The van der Waals surface area contributed by atoms with Gasteiger partial charge in [-0.3, -0.25) is 0 Å². The van der Waals surface area contributed by atoms with Crippen LogP contribution in [0.2, 0.25) is 0 Å². The van der Waals surface area contributed by atoms with Gasteiger partial charge in [-0.05, 0) is 34.3 Å². The van der Waals surface area contributed by atoms with Crippen LogP contribution in [0.3, 0.4) is 0 Å². The summed E-state index contributed by atoms with van der Waals surface area (Å²) in [5, 5.41) is 8.92. The van der Waals surface area contributed by atoms with E-state index in [9.17, 15) is 0 Å². The normalized spacial score (nSPS) is 10.8. The van der Waals surface area contributed by atoms with Crippen molar-refractivity contribution < 1.29 is 5.11 Å². The second kappa shape index (κ2) is 4.72. The zero-order valence-corrected chi connectivity index (χ0v) is 9.50. The van der Waals surface area contributed by atoms with E-state index in [1.807, 2.05) is 12.1 Å². The van der Waals surface area contributed by atoms with Gasteiger partial charge in [0.2, 0.25) is 0 Å². The van der Waals surface area contributed by atoms with Gasteiger partial charge in [-0.15, -0.1) is 0 Å². The number of aliphatic hydroxyl groups is 1. The second-order valence-electron chi connectivity index (χ2n) is 3.51. The maximum absolute atomic E-state index is 8.92. The molecule has 1 rings (SSSR count). The number of aromatic nitrogens is 1. The van der Waals surface area contributed by atoms with E-state index in [-0.39, 0.29) is 6.61 Å². The Balaban J connectivity index is 2.83. The van der Waals surface area contributed by atoms with Crippen LogP contribution in [0.1, 0.15) is 25.1 Å². The van der Waals surface area contributed by atoms with Crippen LogP contribution >= 0.6 is 15.9 Å². The van der Waals surface area contributed by atoms with Crippen LogP contribution < -0.4 is 0 Å². The zero-order chi connectivity index (χ0) is 9.84. The molecular weight excluding hydrogens is 230 g/mol. The van der Waals surface area contributed by atoms with E-state index in [1.165, 1.54) is 0 Å². The average molecular weight is 244 g/mol. The fourth-order valence-corrected chi connectivity index (χ4v) is 1.64. The Kier molecular flexibility index (Phi) is 3.88. The molecular formula is C10H14BrNO. The monoisotopic (exact) mass is 243 g/mol. The Morgan fingerprint density at radius 3 is 2.62 bits per heavy atom. The standard InChI is InChI=1S/C10H14BrNO/c1-7(2)5-9-4-3-8(6-13)10(11)12-9/h3-4,7,13H,5-6H2,1-2H3. The third-order valence-corrected chi connectivity index (χ3v) is 2.46. The Hall–Kier alpha value is -0.410. The molecule has 0 aliphatic carbocycles. The van der Waals surface area contributed by atoms with E-state index in [0.29, 0.717) is 5.92 Å². The summed E-state index contributed by atoms with van der Waals surface area (Å²) in [6, 6.07) is 3.88. The number of nitrogens with zero attached hydrogens (tertiary/aromatic N) is 1. The summed E-state index contributed by atoms with van der Waals surface area (Å²) in [6.07, 6.45) is 0.976. The van der Waals surface area contributed by atoms with Crippen molar-refractivity contribution in [1.82, 2.24) is 4.98 Å². The minimum absolute atomic E-state index is 0.0372. The quantitative estimate of drug-likeness (QED) is 0.829. The minimum Gasteiger partial charge on any atom is -0.392 e. The molecule has 1 aromatic rings. The van der Waals surface area contributed by atoms with Crippen molar-refractivity contribution in [3.05, 3.63) is 28.0 Å². The number of hydrogen-bond donors (Lipinski definition) is 1. The van der Waals surface area contributed by atoms with E-state index in [1.54, 1.807) is 0 Å². The molecule has 0 bridgehead atoms. The van der Waals surface area contributed by atoms with Crippen LogP contribution in [-0.2, 0) is 13.0 Å². The molecule has 0 spiro atoms. The second-order valence-corrected chi connectivity index (χ2v) is 4.26. The highest BCUT2D eigenvalue weighted by molar-refractivity contribution is 9.10. The number of aliphatic hydroxyl groups excluding tert-OH is 1. The molecule has 0 amide bonds. The van der Waals surface area contributed by atoms with Crippen molar-refractivity contribution in [2.45, 2.75) is 26.9 Å². The molecule has 13 heavy (non-hydrogen) atoms. The van der Waals surface area contributed by atoms with Gasteiger partial charge >= 0.3 is 0 Å². The lowest BCUT2D eigenvalue weighted by atomic mass is 10.1. The van der Waals surface area contributed by atoms with Gasteiger partial charge in [-0.2, -0.15) is 0 Å². The third-order valence-electron chi connectivity index (χ3n) is 1.77. The smallest absolute Gasteiger partial charge is 0.111 e. The Labute approximate surface area is 87.1 Å². The molecule has 3 heteroatoms. The van der Waals surface area contributed by atoms with Crippen molar-refractivity contribution in [3.63, 3.8) is 0 Å². The topological polar surface area (TPSA) is 33.1 Å². The Morgan fingerprint density at radius 1 is 1.46 bits per heavy atom. The van der Waals surface area contributed by atoms with Gasteiger partial charge in [-0.1, -0.05) is 19.9 Å². The summed E-state index contributed by atoms with van der Waals surface area (Å²) in [4.78, 5) is 4.34. The maximum atomic E-state index is 8.92. The molecule has 0 aliphatic heterocycles. The first-order valence-electron chi connectivity index (χ1n) is 4.38. The number of pyridine rings is 1. The Bertz CT molecular complexity index is 286. The Morgan fingerprint density at radius 2 is 2.15 bits per heavy atom. The predicted octanol–water partition coefficient (Wildman–Crippen LogP) is 2.53. The van der Waals surface area contributed by atoms with Crippen LogP contribution in [0.4, 0.5) is 0 Å². The van der Waals surface area contributed by atoms with Crippen LogP contribution in [-0.4, -0.2) is 10.1 Å². The summed E-state index contributed by atoms with van der Waals surface area (Å²) in [7, 11) is 0. The van der Waals surface area contributed by atoms with Crippen molar-refractivity contribution in [3.8, 4) is 0 Å². The number of hydrogen-bond acceptors (Lipinski definition) is 2. The highest BCUT2D eigenvalue weighted by Gasteiger charge is 2.03. The first-order chi connectivity index (χ1) is 6.13. The largest absolute Gasteiger partial charge is 0.392 e. The molecule has 1 N–H and O–H groups in total. The van der Waals surface area contributed by atoms with Gasteiger partial charge < -0.3 is 5.11 Å². The molecule has 0 unspecified atom stereocenters. The van der Waals surface area contributed by atoms with E-state index < -0.39 is 0 Å². The highest BCUT2D eigenvalue weighted by Crippen LogP contribution is 2.16. The summed E-state index contributed by atoms with van der Waals surface area (Å²) in [6.45, 7) is 4.36. The van der Waals surface area contributed by atoms with E-state index in [2.05, 4.69) is 34.8 Å². The van der Waals surface area contributed by atoms with Gasteiger partial charge in [0.25, 0.3) is 0 Å². The molecule has 0 aliphatic rings. The van der Waals surface area contributed by atoms with Crippen molar-refractivity contribution >= 4 is 15.9 Å². The van der Waals surface area contributed by atoms with Crippen LogP contribution in [0.15, 0.2) is 16.7 Å². The first kappa shape index (κ1) is 10.7. The van der Waals surface area contributed by atoms with Gasteiger partial charge in [0.15, 0.2) is 0 Å². The number of halogens is 1. The van der Waals surface area contributed by atoms with Gasteiger partial charge in [0, 0.05) is 11.3 Å². The summed E-state index contributed by atoms with van der Waals surface area (Å²) in [5.41, 5.74) is 1.91. The zero-order valence-electron chi connectivity index (χ0n) is 7.92. The first-order valence-corrected chi connectivity index (χ1v) is 5.18. The average Bonchev–Trinajstić information content (AvgIpc) is 2.03. The summed E-state index contributed by atoms with van der Waals surface area (Å²) >= 11 is 3.33. The summed E-state index contributed by atoms with van der Waals surface area (Å²) < 4.78 is 0.758. The lowest BCUT2D eigenvalue weighted by Gasteiger charge is -2.06. The molecule has 1 heterocycles. The van der Waals surface area contributed by atoms with E-state index in [4.69, 9.17) is 5.11 Å². The van der Waals surface area contributed by atoms with Gasteiger partial charge in [0.1, 0.15) is 4.60 Å². The third kappa shape index (κ3) is 3.08. The molecule has 0 aromatic carbocycles. The van der Waals surface area contributed by atoms with Crippen LogP contribution in [0.25, 0.3) is 0 Å². The molecule has 0 radical (unpaired) electrons. The molecule has 0 saturated heterocycles. The van der Waals surface area contributed by atoms with Crippen LogP contribution in [0, 0.1) is 5.92 Å². The molecule has 72 valence electrons.